The molecule has 0 radical (unpaired) electrons. The molecule has 188 valence electrons. The molecule has 0 aliphatic carbocycles. The number of para-hydroxylation sites is 1. The molecular weight excluding hydrogens is 468 g/mol. The normalized spacial score (nSPS) is 11.3. The van der Waals surface area contributed by atoms with Crippen LogP contribution in [-0.4, -0.2) is 31.6 Å². The number of nitrogens with one attached hydrogen (secondary N) is 2. The number of amides is 2. The second-order valence-electron chi connectivity index (χ2n) is 8.18. The third-order valence-electron chi connectivity index (χ3n) is 5.47. The van der Waals surface area contributed by atoms with Crippen LogP contribution in [0.1, 0.15) is 15.9 Å². The molecule has 0 bridgehead atoms. The Balaban J connectivity index is 1.41. The number of benzene rings is 4. The molecule has 0 heterocycles. The third-order valence-corrected chi connectivity index (χ3v) is 5.47. The summed E-state index contributed by atoms with van der Waals surface area (Å²) < 4.78 is 16.7. The summed E-state index contributed by atoms with van der Waals surface area (Å²) in [5, 5.41) is 5.63. The van der Waals surface area contributed by atoms with E-state index in [1.54, 1.807) is 55.6 Å². The van der Waals surface area contributed by atoms with Crippen LogP contribution in [0.15, 0.2) is 109 Å². The maximum atomic E-state index is 13.1. The van der Waals surface area contributed by atoms with Gasteiger partial charge in [-0.15, -0.1) is 0 Å². The molecule has 0 aromatic heterocycles. The van der Waals surface area contributed by atoms with Crippen LogP contribution in [0.2, 0.25) is 0 Å². The number of carbonyl (C=O) groups excluding carboxylic acids is 2. The van der Waals surface area contributed by atoms with Gasteiger partial charge in [0, 0.05) is 11.3 Å². The van der Waals surface area contributed by atoms with Gasteiger partial charge in [0.2, 0.25) is 5.91 Å². The van der Waals surface area contributed by atoms with Gasteiger partial charge >= 0.3 is 0 Å². The lowest BCUT2D eigenvalue weighted by Gasteiger charge is -2.19. The fraction of sp³-hybridized carbons (Fsp3) is 0.133. The molecule has 4 rings (SSSR count). The zero-order valence-electron chi connectivity index (χ0n) is 20.4. The first-order valence-electron chi connectivity index (χ1n) is 11.8. The Bertz CT molecular complexity index is 1280. The monoisotopic (exact) mass is 496 g/mol. The molecule has 2 N–H and O–H groups in total. The van der Waals surface area contributed by atoms with Gasteiger partial charge in [-0.05, 0) is 66.2 Å². The summed E-state index contributed by atoms with van der Waals surface area (Å²) in [5.74, 6) is 1.21. The fourth-order valence-electron chi connectivity index (χ4n) is 3.50. The van der Waals surface area contributed by atoms with Crippen molar-refractivity contribution >= 4 is 17.5 Å². The van der Waals surface area contributed by atoms with E-state index in [1.165, 1.54) is 0 Å². The van der Waals surface area contributed by atoms with Gasteiger partial charge in [0.15, 0.2) is 0 Å². The molecule has 1 atom stereocenters. The first kappa shape index (κ1) is 25.5. The highest BCUT2D eigenvalue weighted by Crippen LogP contribution is 2.22. The van der Waals surface area contributed by atoms with Crippen molar-refractivity contribution in [3.63, 3.8) is 0 Å². The average Bonchev–Trinajstić information content (AvgIpc) is 2.94. The van der Waals surface area contributed by atoms with Crippen molar-refractivity contribution in [1.82, 2.24) is 5.32 Å². The van der Waals surface area contributed by atoms with E-state index in [0.717, 1.165) is 11.3 Å². The van der Waals surface area contributed by atoms with Gasteiger partial charge in [0.1, 0.15) is 23.3 Å². The molecule has 4 aromatic carbocycles. The van der Waals surface area contributed by atoms with E-state index in [0.29, 0.717) is 29.4 Å². The summed E-state index contributed by atoms with van der Waals surface area (Å²) in [4.78, 5) is 26.0. The standard InChI is InChI=1S/C30H28N2O5/c1-35-25-16-12-23(13-17-25)29(33)32-28(21-36-20-22-8-4-2-5-9-22)30(34)31-24-14-18-27(19-15-24)37-26-10-6-3-7-11-26/h2-19,28H,20-21H2,1H3,(H,31,34)(H,32,33). The van der Waals surface area contributed by atoms with Crippen molar-refractivity contribution < 1.29 is 23.8 Å². The summed E-state index contributed by atoms with van der Waals surface area (Å²) in [5.41, 5.74) is 1.94. The number of ether oxygens (including phenoxy) is 3. The minimum Gasteiger partial charge on any atom is -0.497 e. The highest BCUT2D eigenvalue weighted by Gasteiger charge is 2.22. The number of carbonyl (C=O) groups is 2. The van der Waals surface area contributed by atoms with Crippen molar-refractivity contribution in [1.29, 1.82) is 0 Å². The average molecular weight is 497 g/mol. The molecular formula is C30H28N2O5. The molecule has 0 saturated carbocycles. The molecule has 0 aliphatic rings. The first-order valence-corrected chi connectivity index (χ1v) is 11.8. The minimum absolute atomic E-state index is 0.00216. The van der Waals surface area contributed by atoms with E-state index in [4.69, 9.17) is 14.2 Å². The number of hydrogen-bond donors (Lipinski definition) is 2. The smallest absolute Gasteiger partial charge is 0.252 e. The molecule has 1 unspecified atom stereocenters. The van der Waals surface area contributed by atoms with Gasteiger partial charge in [-0.2, -0.15) is 0 Å². The van der Waals surface area contributed by atoms with Crippen LogP contribution in [0.5, 0.6) is 17.2 Å². The lowest BCUT2D eigenvalue weighted by atomic mass is 10.1. The zero-order chi connectivity index (χ0) is 25.9. The maximum Gasteiger partial charge on any atom is 0.252 e. The van der Waals surface area contributed by atoms with E-state index in [-0.39, 0.29) is 6.61 Å². The Kier molecular flexibility index (Phi) is 8.88. The van der Waals surface area contributed by atoms with E-state index in [2.05, 4.69) is 10.6 Å². The first-order chi connectivity index (χ1) is 18.1. The summed E-state index contributed by atoms with van der Waals surface area (Å²) in [7, 11) is 1.56. The Morgan fingerprint density at radius 1 is 0.730 bits per heavy atom. The van der Waals surface area contributed by atoms with E-state index < -0.39 is 17.9 Å². The van der Waals surface area contributed by atoms with E-state index >= 15 is 0 Å². The number of rotatable bonds is 11. The highest BCUT2D eigenvalue weighted by atomic mass is 16.5. The van der Waals surface area contributed by atoms with Crippen LogP contribution in [0, 0.1) is 0 Å². The van der Waals surface area contributed by atoms with Crippen molar-refractivity contribution in [2.75, 3.05) is 19.0 Å². The summed E-state index contributed by atoms with van der Waals surface area (Å²) >= 11 is 0. The van der Waals surface area contributed by atoms with Crippen molar-refractivity contribution in [3.05, 3.63) is 120 Å². The van der Waals surface area contributed by atoms with Crippen LogP contribution in [0.4, 0.5) is 5.69 Å². The van der Waals surface area contributed by atoms with Gasteiger partial charge in [0.25, 0.3) is 5.91 Å². The summed E-state index contributed by atoms with van der Waals surface area (Å²) in [6.07, 6.45) is 0. The summed E-state index contributed by atoms with van der Waals surface area (Å²) in [6, 6.07) is 31.8. The Morgan fingerprint density at radius 2 is 1.32 bits per heavy atom. The van der Waals surface area contributed by atoms with Crippen LogP contribution >= 0.6 is 0 Å². The maximum absolute atomic E-state index is 13.1. The van der Waals surface area contributed by atoms with Crippen LogP contribution in [-0.2, 0) is 16.1 Å². The molecule has 7 heteroatoms. The number of methoxy groups -OCH3 is 1. The molecule has 7 nitrogen and oxygen atoms in total. The number of hydrogen-bond acceptors (Lipinski definition) is 5. The Hall–Kier alpha value is -4.62. The predicted octanol–water partition coefficient (Wildman–Crippen LogP) is 5.44. The van der Waals surface area contributed by atoms with Crippen LogP contribution < -0.4 is 20.1 Å². The predicted molar refractivity (Wildman–Crippen MR) is 142 cm³/mol. The third kappa shape index (κ3) is 7.68. The quantitative estimate of drug-likeness (QED) is 0.289. The van der Waals surface area contributed by atoms with Crippen LogP contribution in [0.25, 0.3) is 0 Å². The number of anilines is 1. The van der Waals surface area contributed by atoms with Crippen LogP contribution in [0.3, 0.4) is 0 Å². The fourth-order valence-corrected chi connectivity index (χ4v) is 3.50. The van der Waals surface area contributed by atoms with E-state index in [9.17, 15) is 9.59 Å². The van der Waals surface area contributed by atoms with Gasteiger partial charge in [-0.25, -0.2) is 0 Å². The lowest BCUT2D eigenvalue weighted by molar-refractivity contribution is -0.119. The molecule has 4 aromatic rings. The molecule has 37 heavy (non-hydrogen) atoms. The van der Waals surface area contributed by atoms with Gasteiger partial charge in [0.05, 0.1) is 20.3 Å². The van der Waals surface area contributed by atoms with Crippen molar-refractivity contribution in [2.45, 2.75) is 12.6 Å². The lowest BCUT2D eigenvalue weighted by Crippen LogP contribution is -2.46. The molecule has 0 fully saturated rings. The summed E-state index contributed by atoms with van der Waals surface area (Å²) in [6.45, 7) is 0.312. The molecule has 0 spiro atoms. The minimum atomic E-state index is -0.918. The second-order valence-corrected chi connectivity index (χ2v) is 8.18. The molecule has 0 saturated heterocycles. The van der Waals surface area contributed by atoms with Gasteiger partial charge in [-0.3, -0.25) is 9.59 Å². The zero-order valence-corrected chi connectivity index (χ0v) is 20.4. The van der Waals surface area contributed by atoms with E-state index in [1.807, 2.05) is 60.7 Å². The second kappa shape index (κ2) is 12.9. The van der Waals surface area contributed by atoms with Crippen molar-refractivity contribution in [3.8, 4) is 17.2 Å². The highest BCUT2D eigenvalue weighted by molar-refractivity contribution is 6.01. The SMILES string of the molecule is COc1ccc(C(=O)NC(COCc2ccccc2)C(=O)Nc2ccc(Oc3ccccc3)cc2)cc1. The Labute approximate surface area is 216 Å². The van der Waals surface area contributed by atoms with Gasteiger partial charge in [-0.1, -0.05) is 48.5 Å². The molecule has 2 amide bonds. The largest absolute Gasteiger partial charge is 0.497 e. The topological polar surface area (TPSA) is 85.9 Å². The molecule has 0 aliphatic heterocycles. The Morgan fingerprint density at radius 3 is 1.97 bits per heavy atom. The van der Waals surface area contributed by atoms with Crippen molar-refractivity contribution in [2.24, 2.45) is 0 Å². The van der Waals surface area contributed by atoms with Gasteiger partial charge < -0.3 is 24.8 Å².